The van der Waals surface area contributed by atoms with Crippen LogP contribution in [-0.4, -0.2) is 21.0 Å². The van der Waals surface area contributed by atoms with Crippen LogP contribution in [0.1, 0.15) is 10.4 Å². The summed E-state index contributed by atoms with van der Waals surface area (Å²) in [5, 5.41) is 12.5. The van der Waals surface area contributed by atoms with Gasteiger partial charge in [-0.25, -0.2) is 14.8 Å². The average Bonchev–Trinajstić information content (AvgIpc) is 2.55. The van der Waals surface area contributed by atoms with Gasteiger partial charge in [-0.05, 0) is 12.1 Å². The zero-order chi connectivity index (χ0) is 16.2. The first kappa shape index (κ1) is 15.0. The van der Waals surface area contributed by atoms with E-state index in [4.69, 9.17) is 11.6 Å². The number of carboxylic acids is 1. The Morgan fingerprint density at radius 1 is 1.00 bits per heavy atom. The number of hydrogen-bond donors (Lipinski definition) is 2. The van der Waals surface area contributed by atoms with E-state index in [-0.39, 0.29) is 10.7 Å². The maximum atomic E-state index is 11.3. The van der Waals surface area contributed by atoms with E-state index in [2.05, 4.69) is 15.3 Å². The van der Waals surface area contributed by atoms with Crippen LogP contribution in [0.5, 0.6) is 0 Å². The van der Waals surface area contributed by atoms with Gasteiger partial charge in [-0.1, -0.05) is 54.1 Å². The van der Waals surface area contributed by atoms with Crippen LogP contribution in [0.25, 0.3) is 11.4 Å². The van der Waals surface area contributed by atoms with Gasteiger partial charge in [0.1, 0.15) is 11.0 Å². The number of aromatic nitrogens is 2. The molecule has 0 spiro atoms. The van der Waals surface area contributed by atoms with Crippen LogP contribution in [-0.2, 0) is 0 Å². The van der Waals surface area contributed by atoms with E-state index in [1.165, 1.54) is 6.07 Å². The molecule has 0 bridgehead atoms. The highest BCUT2D eigenvalue weighted by atomic mass is 35.5. The van der Waals surface area contributed by atoms with Crippen LogP contribution in [0, 0.1) is 0 Å². The maximum absolute atomic E-state index is 11.3. The summed E-state index contributed by atoms with van der Waals surface area (Å²) in [6.07, 6.45) is 0. The monoisotopic (exact) mass is 325 g/mol. The minimum Gasteiger partial charge on any atom is -0.478 e. The van der Waals surface area contributed by atoms with Gasteiger partial charge in [-0.2, -0.15) is 0 Å². The highest BCUT2D eigenvalue weighted by molar-refractivity contribution is 6.29. The zero-order valence-corrected chi connectivity index (χ0v) is 12.7. The van der Waals surface area contributed by atoms with E-state index >= 15 is 0 Å². The van der Waals surface area contributed by atoms with Crippen LogP contribution in [0.15, 0.2) is 60.7 Å². The number of rotatable bonds is 4. The lowest BCUT2D eigenvalue weighted by molar-refractivity contribution is 0.0698. The molecule has 1 heterocycles. The van der Waals surface area contributed by atoms with Crippen LogP contribution in [0.2, 0.25) is 5.15 Å². The number of halogens is 1. The molecule has 5 nitrogen and oxygen atoms in total. The number of anilines is 2. The zero-order valence-electron chi connectivity index (χ0n) is 11.9. The summed E-state index contributed by atoms with van der Waals surface area (Å²) in [6, 6.07) is 17.6. The van der Waals surface area contributed by atoms with Gasteiger partial charge >= 0.3 is 5.97 Å². The molecule has 0 unspecified atom stereocenters. The van der Waals surface area contributed by atoms with E-state index in [9.17, 15) is 9.90 Å². The van der Waals surface area contributed by atoms with E-state index in [0.29, 0.717) is 17.3 Å². The molecule has 0 aliphatic heterocycles. The molecule has 0 saturated heterocycles. The van der Waals surface area contributed by atoms with Crippen LogP contribution in [0.4, 0.5) is 11.5 Å². The Bertz CT molecular complexity index is 853. The second-order valence-electron chi connectivity index (χ2n) is 4.74. The topological polar surface area (TPSA) is 75.1 Å². The molecule has 0 aliphatic carbocycles. The highest BCUT2D eigenvalue weighted by Crippen LogP contribution is 2.24. The molecule has 0 atom stereocenters. The van der Waals surface area contributed by atoms with E-state index in [0.717, 1.165) is 5.56 Å². The maximum Gasteiger partial charge on any atom is 0.337 e. The molecule has 3 rings (SSSR count). The summed E-state index contributed by atoms with van der Waals surface area (Å²) in [5.74, 6) is -0.123. The van der Waals surface area contributed by atoms with Crippen molar-refractivity contribution in [1.82, 2.24) is 9.97 Å². The molecule has 0 amide bonds. The number of nitrogens with zero attached hydrogens (tertiary/aromatic N) is 2. The Morgan fingerprint density at radius 2 is 1.70 bits per heavy atom. The van der Waals surface area contributed by atoms with Crippen molar-refractivity contribution in [3.8, 4) is 11.4 Å². The Morgan fingerprint density at radius 3 is 2.43 bits per heavy atom. The summed E-state index contributed by atoms with van der Waals surface area (Å²) in [7, 11) is 0. The van der Waals surface area contributed by atoms with Crippen molar-refractivity contribution >= 4 is 29.1 Å². The molecule has 3 aromatic rings. The van der Waals surface area contributed by atoms with Crippen molar-refractivity contribution in [2.24, 2.45) is 0 Å². The number of carbonyl (C=O) groups is 1. The van der Waals surface area contributed by atoms with E-state index in [1.54, 1.807) is 24.3 Å². The van der Waals surface area contributed by atoms with Crippen molar-refractivity contribution in [1.29, 1.82) is 0 Å². The minimum atomic E-state index is -1.02. The molecule has 0 fully saturated rings. The number of carboxylic acid groups (broad SMARTS) is 1. The molecule has 1 aromatic heterocycles. The smallest absolute Gasteiger partial charge is 0.337 e. The third-order valence-corrected chi connectivity index (χ3v) is 3.34. The SMILES string of the molecule is O=C(O)c1ccccc1Nc1cc(Cl)nc(-c2ccccc2)n1. The second kappa shape index (κ2) is 6.46. The molecule has 0 aliphatic rings. The predicted octanol–water partition coefficient (Wildman–Crippen LogP) is 4.24. The Kier molecular flexibility index (Phi) is 4.21. The molecule has 23 heavy (non-hydrogen) atoms. The normalized spacial score (nSPS) is 10.3. The largest absolute Gasteiger partial charge is 0.478 e. The quantitative estimate of drug-likeness (QED) is 0.702. The third kappa shape index (κ3) is 3.46. The van der Waals surface area contributed by atoms with Crippen LogP contribution < -0.4 is 5.32 Å². The fraction of sp³-hybridized carbons (Fsp3) is 0. The van der Waals surface area contributed by atoms with Gasteiger partial charge < -0.3 is 10.4 Å². The van der Waals surface area contributed by atoms with Gasteiger partial charge in [-0.15, -0.1) is 0 Å². The van der Waals surface area contributed by atoms with Crippen LogP contribution in [0.3, 0.4) is 0 Å². The first-order valence-electron chi connectivity index (χ1n) is 6.83. The molecule has 114 valence electrons. The first-order chi connectivity index (χ1) is 11.1. The highest BCUT2D eigenvalue weighted by Gasteiger charge is 2.11. The van der Waals surface area contributed by atoms with Crippen molar-refractivity contribution in [2.75, 3.05) is 5.32 Å². The number of hydrogen-bond acceptors (Lipinski definition) is 4. The number of nitrogens with one attached hydrogen (secondary N) is 1. The van der Waals surface area contributed by atoms with Gasteiger partial charge in [0.15, 0.2) is 5.82 Å². The Labute approximate surface area is 137 Å². The van der Waals surface area contributed by atoms with Gasteiger partial charge in [-0.3, -0.25) is 0 Å². The Balaban J connectivity index is 1.99. The lowest BCUT2D eigenvalue weighted by atomic mass is 10.2. The molecule has 2 aromatic carbocycles. The molecule has 6 heteroatoms. The second-order valence-corrected chi connectivity index (χ2v) is 5.13. The molecule has 0 saturated carbocycles. The van der Waals surface area contributed by atoms with E-state index in [1.807, 2.05) is 30.3 Å². The first-order valence-corrected chi connectivity index (χ1v) is 7.20. The standard InChI is InChI=1S/C17H12ClN3O2/c18-14-10-15(19-13-9-5-4-8-12(13)17(22)23)21-16(20-14)11-6-2-1-3-7-11/h1-10H,(H,22,23)(H,19,20,21). The predicted molar refractivity (Wildman–Crippen MR) is 89.2 cm³/mol. The summed E-state index contributed by atoms with van der Waals surface area (Å²) in [4.78, 5) is 19.9. The summed E-state index contributed by atoms with van der Waals surface area (Å²) < 4.78 is 0. The molecular formula is C17H12ClN3O2. The minimum absolute atomic E-state index is 0.156. The molecule has 2 N–H and O–H groups in total. The average molecular weight is 326 g/mol. The fourth-order valence-electron chi connectivity index (χ4n) is 2.11. The number of para-hydroxylation sites is 1. The molecule has 0 radical (unpaired) electrons. The van der Waals surface area contributed by atoms with Gasteiger partial charge in [0.25, 0.3) is 0 Å². The van der Waals surface area contributed by atoms with Gasteiger partial charge in [0.05, 0.1) is 11.3 Å². The van der Waals surface area contributed by atoms with Gasteiger partial charge in [0.2, 0.25) is 0 Å². The summed E-state index contributed by atoms with van der Waals surface area (Å²) in [6.45, 7) is 0. The third-order valence-electron chi connectivity index (χ3n) is 3.15. The van der Waals surface area contributed by atoms with Crippen LogP contribution >= 0.6 is 11.6 Å². The lowest BCUT2D eigenvalue weighted by Crippen LogP contribution is -2.04. The Hall–Kier alpha value is -2.92. The number of benzene rings is 2. The lowest BCUT2D eigenvalue weighted by Gasteiger charge is -2.10. The van der Waals surface area contributed by atoms with Crippen molar-refractivity contribution in [3.05, 3.63) is 71.4 Å². The summed E-state index contributed by atoms with van der Waals surface area (Å²) in [5.41, 5.74) is 1.42. The number of aromatic carboxylic acids is 1. The van der Waals surface area contributed by atoms with Crippen molar-refractivity contribution in [3.63, 3.8) is 0 Å². The van der Waals surface area contributed by atoms with Crippen molar-refractivity contribution < 1.29 is 9.90 Å². The van der Waals surface area contributed by atoms with Gasteiger partial charge in [0, 0.05) is 11.6 Å². The summed E-state index contributed by atoms with van der Waals surface area (Å²) >= 11 is 6.06. The van der Waals surface area contributed by atoms with E-state index < -0.39 is 5.97 Å². The van der Waals surface area contributed by atoms with Crippen molar-refractivity contribution in [2.45, 2.75) is 0 Å². The molecular weight excluding hydrogens is 314 g/mol. The fourth-order valence-corrected chi connectivity index (χ4v) is 2.30.